The molecule has 13 nitrogen and oxygen atoms in total. The van der Waals surface area contributed by atoms with E-state index < -0.39 is 5.97 Å². The minimum atomic E-state index is -0.912. The first kappa shape index (κ1) is 35.4. The maximum atomic E-state index is 12.6. The van der Waals surface area contributed by atoms with Gasteiger partial charge in [-0.15, -0.1) is 0 Å². The highest BCUT2D eigenvalue weighted by Crippen LogP contribution is 2.01. The molecule has 1 aliphatic heterocycles. The summed E-state index contributed by atoms with van der Waals surface area (Å²) in [6, 6.07) is 0. The summed E-state index contributed by atoms with van der Waals surface area (Å²) < 4.78 is 0. The summed E-state index contributed by atoms with van der Waals surface area (Å²) in [6.45, 7) is 11.6. The Hall–Kier alpha value is -2.61. The first-order valence-electron chi connectivity index (χ1n) is 14.6. The van der Waals surface area contributed by atoms with Crippen molar-refractivity contribution in [3.8, 4) is 0 Å². The number of likely N-dealkylation sites (N-methyl/N-ethyl adjacent to an activating group) is 1. The van der Waals surface area contributed by atoms with Crippen molar-refractivity contribution in [1.82, 2.24) is 35.6 Å². The molecule has 3 amide bonds. The van der Waals surface area contributed by atoms with Crippen LogP contribution in [0.3, 0.4) is 0 Å². The van der Waals surface area contributed by atoms with Crippen LogP contribution >= 0.6 is 0 Å². The zero-order chi connectivity index (χ0) is 29.6. The molecule has 0 aromatic carbocycles. The Balaban J connectivity index is 2.48. The van der Waals surface area contributed by atoms with Crippen molar-refractivity contribution in [3.05, 3.63) is 0 Å². The average molecular weight is 570 g/mol. The molecule has 0 atom stereocenters. The third kappa shape index (κ3) is 17.9. The molecule has 1 aliphatic rings. The first-order chi connectivity index (χ1) is 19.3. The number of amides is 3. The van der Waals surface area contributed by atoms with Crippen LogP contribution in [0.1, 0.15) is 46.0 Å². The molecule has 0 bridgehead atoms. The van der Waals surface area contributed by atoms with E-state index in [1.165, 1.54) is 0 Å². The lowest BCUT2D eigenvalue weighted by Gasteiger charge is -2.32. The zero-order valence-electron chi connectivity index (χ0n) is 24.5. The topological polar surface area (TPSA) is 155 Å². The summed E-state index contributed by atoms with van der Waals surface area (Å²) in [5.74, 6) is -1.44. The van der Waals surface area contributed by atoms with Gasteiger partial charge in [0.1, 0.15) is 6.29 Å². The number of nitrogens with one attached hydrogen (secondary N) is 3. The highest BCUT2D eigenvalue weighted by atomic mass is 16.4. The lowest BCUT2D eigenvalue weighted by atomic mass is 10.2. The quantitative estimate of drug-likeness (QED) is 0.124. The number of rotatable bonds is 17. The second-order valence-corrected chi connectivity index (χ2v) is 10.1. The van der Waals surface area contributed by atoms with Crippen molar-refractivity contribution in [2.24, 2.45) is 0 Å². The van der Waals surface area contributed by atoms with Crippen LogP contribution in [-0.2, 0) is 24.0 Å². The number of hydrogen-bond donors (Lipinski definition) is 4. The van der Waals surface area contributed by atoms with E-state index in [0.29, 0.717) is 52.4 Å². The number of carboxylic acid groups (broad SMARTS) is 1. The Labute approximate surface area is 239 Å². The second kappa shape index (κ2) is 22.1. The number of carbonyl (C=O) groups excluding carboxylic acids is 4. The van der Waals surface area contributed by atoms with Gasteiger partial charge in [0, 0.05) is 84.8 Å². The third-order valence-electron chi connectivity index (χ3n) is 6.89. The minimum Gasteiger partial charge on any atom is -0.480 e. The van der Waals surface area contributed by atoms with E-state index in [1.54, 1.807) is 0 Å². The van der Waals surface area contributed by atoms with Crippen LogP contribution in [0.25, 0.3) is 0 Å². The van der Waals surface area contributed by atoms with Gasteiger partial charge < -0.3 is 30.8 Å². The maximum Gasteiger partial charge on any atom is 0.317 e. The molecule has 0 unspecified atom stereocenters. The van der Waals surface area contributed by atoms with E-state index in [-0.39, 0.29) is 56.7 Å². The smallest absolute Gasteiger partial charge is 0.317 e. The summed E-state index contributed by atoms with van der Waals surface area (Å²) in [4.78, 5) is 67.1. The van der Waals surface area contributed by atoms with Gasteiger partial charge in [0.15, 0.2) is 0 Å². The van der Waals surface area contributed by atoms with Crippen molar-refractivity contribution in [2.45, 2.75) is 46.0 Å². The SMILES string of the molecule is CCCCCNC(=O)CCC(=O)NCCNC(=O)CN1CCN(CC)CCN(CC=O)CCN(CC(=O)O)CC1. The largest absolute Gasteiger partial charge is 0.480 e. The monoisotopic (exact) mass is 569 g/mol. The Kier molecular flexibility index (Phi) is 19.6. The van der Waals surface area contributed by atoms with Gasteiger partial charge in [0.05, 0.1) is 19.6 Å². The van der Waals surface area contributed by atoms with Crippen LogP contribution < -0.4 is 16.0 Å². The molecule has 0 radical (unpaired) electrons. The fourth-order valence-electron chi connectivity index (χ4n) is 4.36. The summed E-state index contributed by atoms with van der Waals surface area (Å²) in [6.07, 6.45) is 4.21. The van der Waals surface area contributed by atoms with Crippen LogP contribution in [0.15, 0.2) is 0 Å². The van der Waals surface area contributed by atoms with E-state index in [0.717, 1.165) is 45.2 Å². The fraction of sp³-hybridized carbons (Fsp3) is 0.815. The van der Waals surface area contributed by atoms with E-state index in [2.05, 4.69) is 34.7 Å². The maximum absolute atomic E-state index is 12.6. The number of carboxylic acids is 1. The molecule has 0 spiro atoms. The Morgan fingerprint density at radius 1 is 0.650 bits per heavy atom. The van der Waals surface area contributed by atoms with Crippen molar-refractivity contribution >= 4 is 30.0 Å². The fourth-order valence-corrected chi connectivity index (χ4v) is 4.36. The van der Waals surface area contributed by atoms with Gasteiger partial charge in [0.2, 0.25) is 17.7 Å². The molecule has 1 saturated heterocycles. The van der Waals surface area contributed by atoms with Gasteiger partial charge in [0.25, 0.3) is 0 Å². The highest BCUT2D eigenvalue weighted by Gasteiger charge is 2.19. The summed E-state index contributed by atoms with van der Waals surface area (Å²) in [7, 11) is 0. The van der Waals surface area contributed by atoms with Crippen LogP contribution in [0.5, 0.6) is 0 Å². The average Bonchev–Trinajstić information content (AvgIpc) is 2.92. The molecule has 0 aromatic heterocycles. The van der Waals surface area contributed by atoms with E-state index >= 15 is 0 Å². The molecular formula is C27H51N7O6. The molecule has 1 fully saturated rings. The van der Waals surface area contributed by atoms with Gasteiger partial charge in [-0.1, -0.05) is 26.7 Å². The van der Waals surface area contributed by atoms with Crippen LogP contribution in [0, 0.1) is 0 Å². The summed E-state index contributed by atoms with van der Waals surface area (Å²) in [5.41, 5.74) is 0. The van der Waals surface area contributed by atoms with Crippen LogP contribution in [-0.4, -0.2) is 153 Å². The molecule has 0 aromatic rings. The van der Waals surface area contributed by atoms with E-state index in [1.807, 2.05) is 14.7 Å². The minimum absolute atomic E-state index is 0.101. The normalized spacial score (nSPS) is 16.9. The van der Waals surface area contributed by atoms with Gasteiger partial charge in [-0.2, -0.15) is 0 Å². The summed E-state index contributed by atoms with van der Waals surface area (Å²) in [5, 5.41) is 17.7. The predicted molar refractivity (Wildman–Crippen MR) is 153 cm³/mol. The molecular weight excluding hydrogens is 518 g/mol. The number of carbonyl (C=O) groups is 5. The number of aldehydes is 1. The third-order valence-corrected chi connectivity index (χ3v) is 6.89. The lowest BCUT2D eigenvalue weighted by Crippen LogP contribution is -2.49. The van der Waals surface area contributed by atoms with Crippen molar-refractivity contribution in [2.75, 3.05) is 98.2 Å². The molecule has 1 rings (SSSR count). The molecule has 40 heavy (non-hydrogen) atoms. The molecule has 13 heteroatoms. The number of hydrogen-bond acceptors (Lipinski definition) is 9. The van der Waals surface area contributed by atoms with Crippen molar-refractivity contribution in [1.29, 1.82) is 0 Å². The molecule has 0 saturated carbocycles. The molecule has 0 aliphatic carbocycles. The Morgan fingerprint density at radius 2 is 1.12 bits per heavy atom. The Bertz CT molecular complexity index is 770. The highest BCUT2D eigenvalue weighted by molar-refractivity contribution is 5.83. The van der Waals surface area contributed by atoms with E-state index in [4.69, 9.17) is 0 Å². The zero-order valence-corrected chi connectivity index (χ0v) is 24.5. The summed E-state index contributed by atoms with van der Waals surface area (Å²) >= 11 is 0. The van der Waals surface area contributed by atoms with Crippen molar-refractivity contribution < 1.29 is 29.1 Å². The van der Waals surface area contributed by atoms with Crippen LogP contribution in [0.4, 0.5) is 0 Å². The molecule has 4 N–H and O–H groups in total. The first-order valence-corrected chi connectivity index (χ1v) is 14.6. The van der Waals surface area contributed by atoms with Gasteiger partial charge in [-0.05, 0) is 13.0 Å². The van der Waals surface area contributed by atoms with Gasteiger partial charge in [-0.3, -0.25) is 33.9 Å². The van der Waals surface area contributed by atoms with Gasteiger partial charge >= 0.3 is 5.97 Å². The van der Waals surface area contributed by atoms with Crippen molar-refractivity contribution in [3.63, 3.8) is 0 Å². The second-order valence-electron chi connectivity index (χ2n) is 10.1. The van der Waals surface area contributed by atoms with E-state index in [9.17, 15) is 29.1 Å². The standard InChI is InChI=1S/C27H51N7O6/c1-3-5-6-9-28-24(36)7-8-25(37)29-10-11-30-26(38)22-33-16-13-31(4-2)12-14-32(20-21-35)15-17-34(19-18-33)23-27(39)40/h21H,3-20,22-23H2,1-2H3,(H,28,36)(H,29,37)(H,30,38)(H,39,40). The predicted octanol–water partition coefficient (Wildman–Crippen LogP) is -1.17. The molecule has 230 valence electrons. The Morgan fingerprint density at radius 3 is 1.62 bits per heavy atom. The lowest BCUT2D eigenvalue weighted by molar-refractivity contribution is -0.138. The number of nitrogens with zero attached hydrogens (tertiary/aromatic N) is 4. The van der Waals surface area contributed by atoms with Crippen LogP contribution in [0.2, 0.25) is 0 Å². The van der Waals surface area contributed by atoms with Gasteiger partial charge in [-0.25, -0.2) is 0 Å². The molecule has 1 heterocycles. The number of aliphatic carboxylic acids is 1. The number of unbranched alkanes of at least 4 members (excludes halogenated alkanes) is 2.